The molecule has 0 saturated heterocycles. The molecule has 1 N–H and O–H groups in total. The number of halogens is 1. The summed E-state index contributed by atoms with van der Waals surface area (Å²) in [4.78, 5) is 29.3. The molecule has 1 atom stereocenters. The number of amides is 2. The first-order valence-electron chi connectivity index (χ1n) is 13.5. The van der Waals surface area contributed by atoms with Gasteiger partial charge in [0.15, 0.2) is 0 Å². The minimum Gasteiger partial charge on any atom is -0.497 e. The number of hydrogen-bond acceptors (Lipinski definition) is 6. The smallest absolute Gasteiger partial charge is 0.244 e. The lowest BCUT2D eigenvalue weighted by Gasteiger charge is -2.34. The minimum absolute atomic E-state index is 0.0266. The summed E-state index contributed by atoms with van der Waals surface area (Å²) in [5.74, 6) is -0.105. The molecule has 11 heteroatoms. The summed E-state index contributed by atoms with van der Waals surface area (Å²) in [6.07, 6.45) is 1.23. The van der Waals surface area contributed by atoms with Crippen LogP contribution in [0.25, 0.3) is 0 Å². The van der Waals surface area contributed by atoms with Crippen molar-refractivity contribution in [3.8, 4) is 11.5 Å². The maximum atomic E-state index is 14.2. The maximum Gasteiger partial charge on any atom is 0.244 e. The highest BCUT2D eigenvalue weighted by Crippen LogP contribution is 2.34. The van der Waals surface area contributed by atoms with Gasteiger partial charge >= 0.3 is 0 Å². The molecular weight excluding hydrogens is 578 g/mol. The summed E-state index contributed by atoms with van der Waals surface area (Å²) < 4.78 is 37.9. The Morgan fingerprint density at radius 2 is 1.62 bits per heavy atom. The number of nitrogens with one attached hydrogen (secondary N) is 1. The van der Waals surface area contributed by atoms with Gasteiger partial charge in [-0.15, -0.1) is 0 Å². The van der Waals surface area contributed by atoms with Gasteiger partial charge in [0.2, 0.25) is 21.8 Å². The standard InChI is InChI=1S/C31H38ClN3O6S/c1-22(2)19-33-31(37)28(17-23-10-7-6-8-11-23)34(20-24-12-9-13-25(32)16-24)30(36)21-35(42(5,38)39)27-18-26(40-3)14-15-29(27)41-4/h6-16,18,22,28H,17,19-21H2,1-5H3,(H,33,37)/t28-/m1/s1. The van der Waals surface area contributed by atoms with Crippen LogP contribution in [0.1, 0.15) is 25.0 Å². The highest BCUT2D eigenvalue weighted by molar-refractivity contribution is 7.92. The van der Waals surface area contributed by atoms with Crippen molar-refractivity contribution in [3.05, 3.63) is 88.9 Å². The largest absolute Gasteiger partial charge is 0.497 e. The van der Waals surface area contributed by atoms with E-state index in [0.717, 1.165) is 16.1 Å². The molecule has 42 heavy (non-hydrogen) atoms. The summed E-state index contributed by atoms with van der Waals surface area (Å²) in [6.45, 7) is 3.82. The molecule has 0 fully saturated rings. The Kier molecular flexibility index (Phi) is 11.6. The Morgan fingerprint density at radius 1 is 0.929 bits per heavy atom. The van der Waals surface area contributed by atoms with Gasteiger partial charge in [-0.3, -0.25) is 13.9 Å². The van der Waals surface area contributed by atoms with Gasteiger partial charge in [-0.1, -0.05) is 67.9 Å². The fraction of sp³-hybridized carbons (Fsp3) is 0.355. The summed E-state index contributed by atoms with van der Waals surface area (Å²) >= 11 is 6.25. The van der Waals surface area contributed by atoms with E-state index in [1.54, 1.807) is 36.4 Å². The molecule has 3 rings (SSSR count). The second kappa shape index (κ2) is 14.9. The summed E-state index contributed by atoms with van der Waals surface area (Å²) in [7, 11) is -1.11. The third-order valence-corrected chi connectivity index (χ3v) is 7.89. The lowest BCUT2D eigenvalue weighted by molar-refractivity contribution is -0.140. The minimum atomic E-state index is -3.98. The molecule has 0 heterocycles. The monoisotopic (exact) mass is 615 g/mol. The average molecular weight is 616 g/mol. The Morgan fingerprint density at radius 3 is 2.21 bits per heavy atom. The van der Waals surface area contributed by atoms with E-state index >= 15 is 0 Å². The molecule has 0 saturated carbocycles. The van der Waals surface area contributed by atoms with Crippen LogP contribution in [0.15, 0.2) is 72.8 Å². The van der Waals surface area contributed by atoms with Crippen molar-refractivity contribution in [1.82, 2.24) is 10.2 Å². The summed E-state index contributed by atoms with van der Waals surface area (Å²) in [6, 6.07) is 20.1. The number of anilines is 1. The number of nitrogens with zero attached hydrogens (tertiary/aromatic N) is 2. The molecule has 226 valence electrons. The molecular formula is C31H38ClN3O6S. The number of ether oxygens (including phenoxy) is 2. The van der Waals surface area contributed by atoms with Crippen LogP contribution in [0.4, 0.5) is 5.69 Å². The number of hydrogen-bond donors (Lipinski definition) is 1. The molecule has 0 bridgehead atoms. The van der Waals surface area contributed by atoms with Gasteiger partial charge in [-0.05, 0) is 41.3 Å². The van der Waals surface area contributed by atoms with Gasteiger partial charge in [-0.25, -0.2) is 8.42 Å². The van der Waals surface area contributed by atoms with Gasteiger partial charge in [0.25, 0.3) is 0 Å². The molecule has 0 unspecified atom stereocenters. The number of rotatable bonds is 14. The quantitative estimate of drug-likeness (QED) is 0.286. The highest BCUT2D eigenvalue weighted by atomic mass is 35.5. The van der Waals surface area contributed by atoms with Crippen molar-refractivity contribution in [1.29, 1.82) is 0 Å². The van der Waals surface area contributed by atoms with Gasteiger partial charge in [-0.2, -0.15) is 0 Å². The van der Waals surface area contributed by atoms with E-state index in [9.17, 15) is 18.0 Å². The molecule has 0 aliphatic heterocycles. The van der Waals surface area contributed by atoms with Crippen molar-refractivity contribution in [2.45, 2.75) is 32.9 Å². The lowest BCUT2D eigenvalue weighted by Crippen LogP contribution is -2.53. The zero-order valence-electron chi connectivity index (χ0n) is 24.5. The molecule has 3 aromatic carbocycles. The van der Waals surface area contributed by atoms with Crippen LogP contribution < -0.4 is 19.1 Å². The fourth-order valence-corrected chi connectivity index (χ4v) is 5.45. The second-order valence-corrected chi connectivity index (χ2v) is 12.6. The van der Waals surface area contributed by atoms with E-state index in [1.165, 1.54) is 25.2 Å². The van der Waals surface area contributed by atoms with Crippen LogP contribution in [0.3, 0.4) is 0 Å². The molecule has 0 aliphatic carbocycles. The third kappa shape index (κ3) is 9.12. The van der Waals surface area contributed by atoms with Crippen LogP contribution in [0.2, 0.25) is 5.02 Å². The van der Waals surface area contributed by atoms with E-state index in [4.69, 9.17) is 21.1 Å². The Balaban J connectivity index is 2.10. The highest BCUT2D eigenvalue weighted by Gasteiger charge is 2.34. The third-order valence-electron chi connectivity index (χ3n) is 6.53. The Hall–Kier alpha value is -3.76. The van der Waals surface area contributed by atoms with Crippen molar-refractivity contribution in [2.75, 3.05) is 37.9 Å². The number of carbonyl (C=O) groups is 2. The first-order chi connectivity index (χ1) is 19.9. The van der Waals surface area contributed by atoms with Crippen molar-refractivity contribution in [3.63, 3.8) is 0 Å². The summed E-state index contributed by atoms with van der Waals surface area (Å²) in [5.41, 5.74) is 1.68. The Bertz CT molecular complexity index is 1470. The molecule has 2 amide bonds. The summed E-state index contributed by atoms with van der Waals surface area (Å²) in [5, 5.41) is 3.43. The number of methoxy groups -OCH3 is 2. The number of benzene rings is 3. The van der Waals surface area contributed by atoms with Crippen LogP contribution >= 0.6 is 11.6 Å². The molecule has 0 radical (unpaired) electrons. The topological polar surface area (TPSA) is 105 Å². The predicted molar refractivity (Wildman–Crippen MR) is 166 cm³/mol. The van der Waals surface area contributed by atoms with Gasteiger partial charge in [0, 0.05) is 30.6 Å². The zero-order chi connectivity index (χ0) is 30.9. The first kappa shape index (κ1) is 32.8. The Labute approximate surface area is 253 Å². The van der Waals surface area contributed by atoms with E-state index in [1.807, 2.05) is 44.2 Å². The molecule has 3 aromatic rings. The van der Waals surface area contributed by atoms with Gasteiger partial charge < -0.3 is 19.7 Å². The van der Waals surface area contributed by atoms with Crippen LogP contribution in [-0.4, -0.2) is 64.7 Å². The van der Waals surface area contributed by atoms with E-state index in [0.29, 0.717) is 22.9 Å². The van der Waals surface area contributed by atoms with Crippen molar-refractivity contribution < 1.29 is 27.5 Å². The zero-order valence-corrected chi connectivity index (χ0v) is 26.1. The van der Waals surface area contributed by atoms with E-state index in [2.05, 4.69) is 5.32 Å². The normalized spacial score (nSPS) is 12.0. The SMILES string of the molecule is COc1ccc(OC)c(N(CC(=O)N(Cc2cccc(Cl)c2)[C@H](Cc2ccccc2)C(=O)NCC(C)C)S(C)(=O)=O)c1. The first-order valence-corrected chi connectivity index (χ1v) is 15.7. The molecule has 0 aromatic heterocycles. The molecule has 9 nitrogen and oxygen atoms in total. The molecule has 0 spiro atoms. The van der Waals surface area contributed by atoms with Crippen LogP contribution in [0.5, 0.6) is 11.5 Å². The molecule has 0 aliphatic rings. The van der Waals surface area contributed by atoms with Crippen LogP contribution in [0, 0.1) is 5.92 Å². The number of sulfonamides is 1. The fourth-order valence-electron chi connectivity index (χ4n) is 4.39. The van der Waals surface area contributed by atoms with Crippen molar-refractivity contribution in [2.24, 2.45) is 5.92 Å². The van der Waals surface area contributed by atoms with Crippen molar-refractivity contribution >= 4 is 39.1 Å². The maximum absolute atomic E-state index is 14.2. The lowest BCUT2D eigenvalue weighted by atomic mass is 10.0. The van der Waals surface area contributed by atoms with E-state index in [-0.39, 0.29) is 36.2 Å². The predicted octanol–water partition coefficient (Wildman–Crippen LogP) is 4.54. The average Bonchev–Trinajstić information content (AvgIpc) is 2.96. The second-order valence-electron chi connectivity index (χ2n) is 10.3. The van der Waals surface area contributed by atoms with Gasteiger partial charge in [0.05, 0.1) is 26.2 Å². The van der Waals surface area contributed by atoms with Crippen LogP contribution in [-0.2, 0) is 32.6 Å². The number of carbonyl (C=O) groups excluding carboxylic acids is 2. The van der Waals surface area contributed by atoms with Gasteiger partial charge in [0.1, 0.15) is 24.1 Å². The van der Waals surface area contributed by atoms with E-state index < -0.39 is 28.5 Å².